The van der Waals surface area contributed by atoms with E-state index in [4.69, 9.17) is 14.5 Å². The number of carbonyl (C=O) groups excluding carboxylic acids is 1. The number of para-hydroxylation sites is 1. The van der Waals surface area contributed by atoms with Crippen LogP contribution in [-0.2, 0) is 16.0 Å². The molecule has 1 aromatic carbocycles. The molecule has 2 N–H and O–H groups in total. The van der Waals surface area contributed by atoms with E-state index in [0.29, 0.717) is 6.54 Å². The van der Waals surface area contributed by atoms with Gasteiger partial charge in [-0.05, 0) is 45.7 Å². The van der Waals surface area contributed by atoms with E-state index in [1.807, 2.05) is 20.8 Å². The Balaban J connectivity index is 1.63. The molecule has 0 aliphatic carbocycles. The number of likely N-dealkylation sites (tertiary alicyclic amines) is 1. The Morgan fingerprint density at radius 1 is 1.23 bits per heavy atom. The Bertz CT molecular complexity index is 756. The van der Waals surface area contributed by atoms with Gasteiger partial charge in [-0.25, -0.2) is 9.79 Å². The zero-order valence-electron chi connectivity index (χ0n) is 19.3. The van der Waals surface area contributed by atoms with Gasteiger partial charge in [0.1, 0.15) is 5.60 Å². The van der Waals surface area contributed by atoms with Gasteiger partial charge in [-0.1, -0.05) is 18.2 Å². The van der Waals surface area contributed by atoms with E-state index in [9.17, 15) is 4.79 Å². The number of nitrogens with one attached hydrogen (secondary N) is 2. The molecule has 0 radical (unpaired) electrons. The number of morpholine rings is 1. The monoisotopic (exact) mass is 431 g/mol. The van der Waals surface area contributed by atoms with Crippen molar-refractivity contribution < 1.29 is 14.3 Å². The second-order valence-electron chi connectivity index (χ2n) is 8.98. The van der Waals surface area contributed by atoms with Crippen molar-refractivity contribution in [2.45, 2.75) is 52.3 Å². The normalized spacial score (nSPS) is 20.0. The Morgan fingerprint density at radius 3 is 2.68 bits per heavy atom. The number of rotatable bonds is 5. The number of amides is 1. The highest BCUT2D eigenvalue weighted by atomic mass is 16.6. The molecule has 2 fully saturated rings. The maximum absolute atomic E-state index is 12.1. The molecule has 8 heteroatoms. The first kappa shape index (κ1) is 23.2. The van der Waals surface area contributed by atoms with Crippen LogP contribution >= 0.6 is 0 Å². The average molecular weight is 432 g/mol. The molecular weight excluding hydrogens is 394 g/mol. The van der Waals surface area contributed by atoms with Crippen molar-refractivity contribution in [1.29, 1.82) is 0 Å². The van der Waals surface area contributed by atoms with Gasteiger partial charge in [-0.2, -0.15) is 0 Å². The molecule has 3 rings (SSSR count). The fourth-order valence-electron chi connectivity index (χ4n) is 3.89. The van der Waals surface area contributed by atoms with E-state index in [2.05, 4.69) is 51.6 Å². The van der Waals surface area contributed by atoms with Gasteiger partial charge in [0.15, 0.2) is 5.96 Å². The second-order valence-corrected chi connectivity index (χ2v) is 8.98. The summed E-state index contributed by atoms with van der Waals surface area (Å²) in [7, 11) is 0. The molecule has 2 aliphatic rings. The number of benzene rings is 1. The van der Waals surface area contributed by atoms with Crippen molar-refractivity contribution in [3.05, 3.63) is 29.8 Å². The molecule has 1 amide bonds. The highest BCUT2D eigenvalue weighted by Crippen LogP contribution is 2.22. The lowest BCUT2D eigenvalue weighted by Crippen LogP contribution is -2.44. The van der Waals surface area contributed by atoms with Crippen LogP contribution in [0.4, 0.5) is 10.5 Å². The number of carbonyl (C=O) groups is 1. The number of alkyl carbamates (subject to hydrolysis) is 1. The van der Waals surface area contributed by atoms with Gasteiger partial charge >= 0.3 is 6.09 Å². The maximum atomic E-state index is 12.1. The van der Waals surface area contributed by atoms with E-state index < -0.39 is 5.60 Å². The number of guanidine groups is 1. The number of hydrogen-bond acceptors (Lipinski definition) is 5. The Labute approximate surface area is 186 Å². The van der Waals surface area contributed by atoms with Gasteiger partial charge < -0.3 is 29.9 Å². The van der Waals surface area contributed by atoms with Gasteiger partial charge in [-0.15, -0.1) is 0 Å². The van der Waals surface area contributed by atoms with Gasteiger partial charge in [0.25, 0.3) is 0 Å². The molecule has 1 atom stereocenters. The Kier molecular flexibility index (Phi) is 8.01. The molecule has 0 aromatic heterocycles. The summed E-state index contributed by atoms with van der Waals surface area (Å²) in [5.41, 5.74) is 1.95. The molecule has 2 heterocycles. The first-order valence-corrected chi connectivity index (χ1v) is 11.3. The summed E-state index contributed by atoms with van der Waals surface area (Å²) in [5, 5.41) is 6.39. The highest BCUT2D eigenvalue weighted by molar-refractivity contribution is 5.80. The van der Waals surface area contributed by atoms with Gasteiger partial charge in [0, 0.05) is 38.4 Å². The lowest BCUT2D eigenvalue weighted by Gasteiger charge is -2.30. The molecule has 8 nitrogen and oxygen atoms in total. The third kappa shape index (κ3) is 7.02. The number of aliphatic imine (C=N–C) groups is 1. The quantitative estimate of drug-likeness (QED) is 0.551. The molecule has 0 spiro atoms. The third-order valence-corrected chi connectivity index (χ3v) is 5.29. The van der Waals surface area contributed by atoms with Gasteiger partial charge in [0.05, 0.1) is 25.8 Å². The van der Waals surface area contributed by atoms with Crippen molar-refractivity contribution in [2.24, 2.45) is 4.99 Å². The fourth-order valence-corrected chi connectivity index (χ4v) is 3.89. The summed E-state index contributed by atoms with van der Waals surface area (Å²) in [6, 6.07) is 8.52. The number of ether oxygens (including phenoxy) is 2. The molecule has 31 heavy (non-hydrogen) atoms. The summed E-state index contributed by atoms with van der Waals surface area (Å²) >= 11 is 0. The third-order valence-electron chi connectivity index (χ3n) is 5.29. The fraction of sp³-hybridized carbons (Fsp3) is 0.652. The maximum Gasteiger partial charge on any atom is 0.407 e. The molecule has 0 bridgehead atoms. The summed E-state index contributed by atoms with van der Waals surface area (Å²) in [4.78, 5) is 21.6. The number of anilines is 1. The summed E-state index contributed by atoms with van der Waals surface area (Å²) in [6.07, 6.45) is 0.509. The van der Waals surface area contributed by atoms with Crippen molar-refractivity contribution in [3.63, 3.8) is 0 Å². The van der Waals surface area contributed by atoms with Crippen molar-refractivity contribution in [3.8, 4) is 0 Å². The van der Waals surface area contributed by atoms with E-state index in [1.54, 1.807) is 0 Å². The zero-order chi connectivity index (χ0) is 22.3. The molecule has 1 aromatic rings. The van der Waals surface area contributed by atoms with Crippen LogP contribution in [0, 0.1) is 0 Å². The van der Waals surface area contributed by atoms with E-state index in [0.717, 1.165) is 58.3 Å². The van der Waals surface area contributed by atoms with Gasteiger partial charge in [0.2, 0.25) is 0 Å². The predicted molar refractivity (Wildman–Crippen MR) is 124 cm³/mol. The smallest absolute Gasteiger partial charge is 0.407 e. The summed E-state index contributed by atoms with van der Waals surface area (Å²) < 4.78 is 10.9. The van der Waals surface area contributed by atoms with Crippen molar-refractivity contribution >= 4 is 17.7 Å². The Morgan fingerprint density at radius 2 is 1.97 bits per heavy atom. The Hall–Kier alpha value is -2.48. The van der Waals surface area contributed by atoms with E-state index in [1.165, 1.54) is 11.3 Å². The molecule has 172 valence electrons. The van der Waals surface area contributed by atoms with Crippen LogP contribution < -0.4 is 15.5 Å². The van der Waals surface area contributed by atoms with Crippen LogP contribution in [0.2, 0.25) is 0 Å². The number of nitrogens with zero attached hydrogens (tertiary/aromatic N) is 3. The van der Waals surface area contributed by atoms with Crippen molar-refractivity contribution in [1.82, 2.24) is 15.5 Å². The molecule has 1 unspecified atom stereocenters. The summed E-state index contributed by atoms with van der Waals surface area (Å²) in [6.45, 7) is 14.0. The van der Waals surface area contributed by atoms with Crippen LogP contribution in [0.25, 0.3) is 0 Å². The first-order valence-electron chi connectivity index (χ1n) is 11.3. The van der Waals surface area contributed by atoms with E-state index >= 15 is 0 Å². The number of hydrogen-bond donors (Lipinski definition) is 2. The SMILES string of the molecule is CCNC(=NCc1ccccc1N1CCOCC1)N1CCC(NC(=O)OC(C)(C)C)C1. The highest BCUT2D eigenvalue weighted by Gasteiger charge is 2.28. The van der Waals surface area contributed by atoms with Crippen LogP contribution in [0.5, 0.6) is 0 Å². The summed E-state index contributed by atoms with van der Waals surface area (Å²) in [5.74, 6) is 0.882. The minimum absolute atomic E-state index is 0.0549. The first-order chi connectivity index (χ1) is 14.9. The average Bonchev–Trinajstić information content (AvgIpc) is 3.18. The van der Waals surface area contributed by atoms with Crippen LogP contribution in [0.3, 0.4) is 0 Å². The van der Waals surface area contributed by atoms with E-state index in [-0.39, 0.29) is 12.1 Å². The van der Waals surface area contributed by atoms with Crippen molar-refractivity contribution in [2.75, 3.05) is 50.8 Å². The second kappa shape index (κ2) is 10.7. The van der Waals surface area contributed by atoms with Gasteiger partial charge in [-0.3, -0.25) is 0 Å². The topological polar surface area (TPSA) is 78.4 Å². The largest absolute Gasteiger partial charge is 0.444 e. The van der Waals surface area contributed by atoms with Crippen LogP contribution in [-0.4, -0.2) is 74.5 Å². The van der Waals surface area contributed by atoms with Crippen LogP contribution in [0.15, 0.2) is 29.3 Å². The molecule has 2 saturated heterocycles. The predicted octanol–water partition coefficient (Wildman–Crippen LogP) is 2.59. The zero-order valence-corrected chi connectivity index (χ0v) is 19.3. The lowest BCUT2D eigenvalue weighted by molar-refractivity contribution is 0.0507. The molecule has 2 aliphatic heterocycles. The minimum atomic E-state index is -0.493. The molecular formula is C23H37N5O3. The van der Waals surface area contributed by atoms with Crippen LogP contribution in [0.1, 0.15) is 39.7 Å². The molecule has 0 saturated carbocycles. The minimum Gasteiger partial charge on any atom is -0.444 e. The standard InChI is InChI=1S/C23H37N5O3/c1-5-24-21(28-11-10-19(17-28)26-22(29)31-23(2,3)4)25-16-18-8-6-7-9-20(18)27-12-14-30-15-13-27/h6-9,19H,5,10-17H2,1-4H3,(H,24,25)(H,26,29). The lowest BCUT2D eigenvalue weighted by atomic mass is 10.1.